The summed E-state index contributed by atoms with van der Waals surface area (Å²) in [5, 5.41) is 11.8. The molecule has 1 N–H and O–H groups in total. The van der Waals surface area contributed by atoms with E-state index in [1.165, 1.54) is 11.3 Å². The van der Waals surface area contributed by atoms with E-state index in [2.05, 4.69) is 11.4 Å². The third kappa shape index (κ3) is 1.21. The van der Waals surface area contributed by atoms with Crippen molar-refractivity contribution in [2.45, 2.75) is 43.9 Å². The number of hydrogen-bond donors (Lipinski definition) is 1. The Morgan fingerprint density at radius 3 is 3.12 bits per heavy atom. The highest BCUT2D eigenvalue weighted by molar-refractivity contribution is 7.10. The first-order valence-corrected chi connectivity index (χ1v) is 6.93. The summed E-state index contributed by atoms with van der Waals surface area (Å²) in [7, 11) is 0. The van der Waals surface area contributed by atoms with Crippen LogP contribution in [0.2, 0.25) is 0 Å². The Morgan fingerprint density at radius 2 is 2.31 bits per heavy atom. The monoisotopic (exact) mass is 236 g/mol. The summed E-state index contributed by atoms with van der Waals surface area (Å²) >= 11 is 1.73. The van der Waals surface area contributed by atoms with E-state index in [0.29, 0.717) is 5.92 Å². The van der Waals surface area contributed by atoms with E-state index in [-0.39, 0.29) is 0 Å². The topological polar surface area (TPSA) is 37.3 Å². The van der Waals surface area contributed by atoms with Crippen molar-refractivity contribution in [3.05, 3.63) is 21.9 Å². The predicted octanol–water partition coefficient (Wildman–Crippen LogP) is 3.21. The molecule has 2 aliphatic rings. The van der Waals surface area contributed by atoms with E-state index in [1.807, 2.05) is 0 Å². The van der Waals surface area contributed by atoms with Gasteiger partial charge in [-0.25, -0.2) is 0 Å². The van der Waals surface area contributed by atoms with Crippen molar-refractivity contribution in [1.29, 1.82) is 0 Å². The molecule has 3 heteroatoms. The van der Waals surface area contributed by atoms with Crippen LogP contribution in [0.25, 0.3) is 0 Å². The van der Waals surface area contributed by atoms with Gasteiger partial charge in [0.25, 0.3) is 0 Å². The first-order valence-electron chi connectivity index (χ1n) is 6.05. The van der Waals surface area contributed by atoms with Crippen molar-refractivity contribution >= 4 is 17.3 Å². The zero-order chi connectivity index (χ0) is 11.2. The molecule has 86 valence electrons. The van der Waals surface area contributed by atoms with Gasteiger partial charge in [-0.15, -0.1) is 11.3 Å². The van der Waals surface area contributed by atoms with Gasteiger partial charge in [-0.3, -0.25) is 4.79 Å². The standard InChI is InChI=1S/C13H16O2S/c14-12(15)13-7-2-1-3-9(13)4-5-11-10(13)6-8-16-11/h6,8-9H,1-5,7H2,(H,14,15)/t9-,13+/m1/s1. The van der Waals surface area contributed by atoms with Crippen LogP contribution in [-0.2, 0) is 16.6 Å². The Hall–Kier alpha value is -0.830. The minimum atomic E-state index is -0.587. The van der Waals surface area contributed by atoms with Crippen LogP contribution >= 0.6 is 11.3 Å². The maximum absolute atomic E-state index is 11.8. The lowest BCUT2D eigenvalue weighted by Crippen LogP contribution is -2.47. The molecule has 0 unspecified atom stereocenters. The number of carboxylic acids is 1. The lowest BCUT2D eigenvalue weighted by molar-refractivity contribution is -0.148. The van der Waals surface area contributed by atoms with Crippen LogP contribution in [0.5, 0.6) is 0 Å². The fraction of sp³-hybridized carbons (Fsp3) is 0.615. The number of fused-ring (bicyclic) bond motifs is 3. The van der Waals surface area contributed by atoms with Crippen LogP contribution in [0.15, 0.2) is 11.4 Å². The summed E-state index contributed by atoms with van der Waals surface area (Å²) in [4.78, 5) is 13.1. The van der Waals surface area contributed by atoms with Crippen molar-refractivity contribution in [3.8, 4) is 0 Å². The molecule has 1 heterocycles. The van der Waals surface area contributed by atoms with Crippen molar-refractivity contribution < 1.29 is 9.90 Å². The number of aliphatic carboxylic acids is 1. The highest BCUT2D eigenvalue weighted by Crippen LogP contribution is 2.51. The van der Waals surface area contributed by atoms with Gasteiger partial charge in [0, 0.05) is 4.88 Å². The third-order valence-electron chi connectivity index (χ3n) is 4.40. The highest BCUT2D eigenvalue weighted by Gasteiger charge is 2.51. The predicted molar refractivity (Wildman–Crippen MR) is 63.9 cm³/mol. The summed E-state index contributed by atoms with van der Waals surface area (Å²) in [6.07, 6.45) is 6.38. The third-order valence-corrected chi connectivity index (χ3v) is 5.38. The molecule has 1 aromatic rings. The second-order valence-electron chi connectivity index (χ2n) is 5.02. The van der Waals surface area contributed by atoms with E-state index in [4.69, 9.17) is 0 Å². The summed E-state index contributed by atoms with van der Waals surface area (Å²) in [6.45, 7) is 0. The van der Waals surface area contributed by atoms with Gasteiger partial charge < -0.3 is 5.11 Å². The summed E-state index contributed by atoms with van der Waals surface area (Å²) in [5.74, 6) is -0.211. The van der Waals surface area contributed by atoms with Gasteiger partial charge >= 0.3 is 5.97 Å². The van der Waals surface area contributed by atoms with E-state index in [0.717, 1.165) is 37.7 Å². The van der Waals surface area contributed by atoms with Gasteiger partial charge in [0.05, 0.1) is 5.41 Å². The Bertz CT molecular complexity index is 423. The van der Waals surface area contributed by atoms with Gasteiger partial charge in [0.2, 0.25) is 0 Å². The van der Waals surface area contributed by atoms with Gasteiger partial charge in [0.1, 0.15) is 0 Å². The number of carbonyl (C=O) groups is 1. The van der Waals surface area contributed by atoms with Gasteiger partial charge in [-0.05, 0) is 48.6 Å². The highest BCUT2D eigenvalue weighted by atomic mass is 32.1. The second kappa shape index (κ2) is 3.59. The molecule has 2 aliphatic carbocycles. The fourth-order valence-electron chi connectivity index (χ4n) is 3.62. The summed E-state index contributed by atoms with van der Waals surface area (Å²) in [6, 6.07) is 2.06. The molecule has 1 fully saturated rings. The zero-order valence-corrected chi connectivity index (χ0v) is 10.1. The number of aryl methyl sites for hydroxylation is 1. The molecule has 2 nitrogen and oxygen atoms in total. The van der Waals surface area contributed by atoms with Crippen LogP contribution in [0.4, 0.5) is 0 Å². The lowest BCUT2D eigenvalue weighted by Gasteiger charge is -2.44. The molecular formula is C13H16O2S. The number of carboxylic acid groups (broad SMARTS) is 1. The molecule has 1 aromatic heterocycles. The van der Waals surface area contributed by atoms with Crippen molar-refractivity contribution in [2.75, 3.05) is 0 Å². The molecule has 0 aromatic carbocycles. The van der Waals surface area contributed by atoms with Gasteiger partial charge in [-0.1, -0.05) is 12.8 Å². The maximum Gasteiger partial charge on any atom is 0.314 e. The van der Waals surface area contributed by atoms with Crippen molar-refractivity contribution in [3.63, 3.8) is 0 Å². The van der Waals surface area contributed by atoms with E-state index < -0.39 is 11.4 Å². The maximum atomic E-state index is 11.8. The van der Waals surface area contributed by atoms with Crippen LogP contribution < -0.4 is 0 Å². The average molecular weight is 236 g/mol. The second-order valence-corrected chi connectivity index (χ2v) is 6.02. The van der Waals surface area contributed by atoms with Crippen LogP contribution in [0.1, 0.15) is 42.5 Å². The van der Waals surface area contributed by atoms with Crippen molar-refractivity contribution in [2.24, 2.45) is 5.92 Å². The average Bonchev–Trinajstić information content (AvgIpc) is 2.77. The number of rotatable bonds is 1. The summed E-state index contributed by atoms with van der Waals surface area (Å²) < 4.78 is 0. The molecular weight excluding hydrogens is 220 g/mol. The van der Waals surface area contributed by atoms with Gasteiger partial charge in [0.15, 0.2) is 0 Å². The van der Waals surface area contributed by atoms with Crippen molar-refractivity contribution in [1.82, 2.24) is 0 Å². The normalized spacial score (nSPS) is 32.9. The minimum absolute atomic E-state index is 0.376. The molecule has 3 rings (SSSR count). The Balaban J connectivity index is 2.15. The molecule has 0 aliphatic heterocycles. The lowest BCUT2D eigenvalue weighted by atomic mass is 9.58. The van der Waals surface area contributed by atoms with E-state index >= 15 is 0 Å². The smallest absolute Gasteiger partial charge is 0.314 e. The minimum Gasteiger partial charge on any atom is -0.481 e. The fourth-order valence-corrected chi connectivity index (χ4v) is 4.61. The number of hydrogen-bond acceptors (Lipinski definition) is 2. The SMILES string of the molecule is O=C(O)[C@@]12CCCC[C@@H]1CCc1sccc12. The first kappa shape index (κ1) is 10.3. The van der Waals surface area contributed by atoms with E-state index in [9.17, 15) is 9.90 Å². The summed E-state index contributed by atoms with van der Waals surface area (Å²) in [5.41, 5.74) is 0.604. The van der Waals surface area contributed by atoms with Gasteiger partial charge in [-0.2, -0.15) is 0 Å². The Morgan fingerprint density at radius 1 is 1.44 bits per heavy atom. The first-order chi connectivity index (χ1) is 7.75. The Kier molecular flexibility index (Phi) is 2.32. The molecule has 2 atom stereocenters. The molecule has 0 saturated heterocycles. The largest absolute Gasteiger partial charge is 0.481 e. The van der Waals surface area contributed by atoms with Crippen LogP contribution in [0.3, 0.4) is 0 Å². The molecule has 0 bridgehead atoms. The van der Waals surface area contributed by atoms with Crippen LogP contribution in [0, 0.1) is 5.92 Å². The molecule has 1 saturated carbocycles. The van der Waals surface area contributed by atoms with E-state index in [1.54, 1.807) is 11.3 Å². The molecule has 0 amide bonds. The quantitative estimate of drug-likeness (QED) is 0.813. The molecule has 16 heavy (non-hydrogen) atoms. The van der Waals surface area contributed by atoms with Crippen LogP contribution in [-0.4, -0.2) is 11.1 Å². The number of thiophene rings is 1. The molecule has 0 radical (unpaired) electrons. The zero-order valence-electron chi connectivity index (χ0n) is 9.24. The molecule has 0 spiro atoms. The Labute approximate surface area is 99.3 Å².